The van der Waals surface area contributed by atoms with Crippen LogP contribution in [0.1, 0.15) is 6.42 Å². The van der Waals surface area contributed by atoms with Gasteiger partial charge < -0.3 is 5.32 Å². The van der Waals surface area contributed by atoms with Gasteiger partial charge in [-0.15, -0.1) is 0 Å². The number of allylic oxidation sites excluding steroid dienone is 2. The zero-order valence-electron chi connectivity index (χ0n) is 12.5. The first-order valence-corrected chi connectivity index (χ1v) is 8.56. The van der Waals surface area contributed by atoms with Gasteiger partial charge in [0.2, 0.25) is 11.8 Å². The Morgan fingerprint density at radius 1 is 1.04 bits per heavy atom. The fraction of sp³-hybridized carbons (Fsp3) is 0.444. The van der Waals surface area contributed by atoms with Crippen LogP contribution >= 0.6 is 11.6 Å². The lowest BCUT2D eigenvalue weighted by Crippen LogP contribution is -2.40. The SMILES string of the molecule is O=C1[C@@H]2[C@@H]3C=C[C@H]([C@@H]4C[C@H]34)[C@H]2C(=O)N1CNc1ccccc1Cl. The highest BCUT2D eigenvalue weighted by atomic mass is 35.5. The lowest BCUT2D eigenvalue weighted by atomic mass is 9.63. The Hall–Kier alpha value is -1.81. The quantitative estimate of drug-likeness (QED) is 0.685. The second-order valence-electron chi connectivity index (χ2n) is 7.07. The number of likely N-dealkylation sites (tertiary alicyclic amines) is 1. The molecule has 3 fully saturated rings. The van der Waals surface area contributed by atoms with Gasteiger partial charge in [0, 0.05) is 0 Å². The van der Waals surface area contributed by atoms with Crippen molar-refractivity contribution in [1.29, 1.82) is 0 Å². The van der Waals surface area contributed by atoms with Crippen LogP contribution in [0.5, 0.6) is 0 Å². The first-order valence-electron chi connectivity index (χ1n) is 8.19. The van der Waals surface area contributed by atoms with Crippen LogP contribution in [0, 0.1) is 35.5 Å². The van der Waals surface area contributed by atoms with E-state index in [1.165, 1.54) is 11.3 Å². The number of nitrogens with one attached hydrogen (secondary N) is 1. The standard InChI is InChI=1S/C18H17ClN2O2/c19-13-3-1-2-4-14(13)20-8-21-17(22)15-9-5-6-10(12-7-11(9)12)16(15)18(21)23/h1-6,9-12,15-16,20H,7-8H2/t9-,10-,11-,12+,15-,16-/m1/s1. The van der Waals surface area contributed by atoms with Crippen LogP contribution in [-0.2, 0) is 9.59 Å². The molecule has 23 heavy (non-hydrogen) atoms. The Morgan fingerprint density at radius 3 is 2.26 bits per heavy atom. The van der Waals surface area contributed by atoms with Crippen molar-refractivity contribution >= 4 is 29.1 Å². The normalized spacial score (nSPS) is 39.4. The van der Waals surface area contributed by atoms with Gasteiger partial charge in [-0.25, -0.2) is 0 Å². The minimum absolute atomic E-state index is 0.00995. The van der Waals surface area contributed by atoms with Gasteiger partial charge in [0.25, 0.3) is 0 Å². The predicted octanol–water partition coefficient (Wildman–Crippen LogP) is 2.76. The second kappa shape index (κ2) is 4.60. The van der Waals surface area contributed by atoms with Crippen molar-refractivity contribution in [2.24, 2.45) is 35.5 Å². The molecule has 1 saturated heterocycles. The minimum atomic E-state index is -0.130. The Labute approximate surface area is 139 Å². The largest absolute Gasteiger partial charge is 0.366 e. The third kappa shape index (κ3) is 1.78. The molecule has 0 aromatic heterocycles. The van der Waals surface area contributed by atoms with Crippen LogP contribution in [0.4, 0.5) is 5.69 Å². The third-order valence-corrected chi connectivity index (χ3v) is 6.39. The summed E-state index contributed by atoms with van der Waals surface area (Å²) in [6, 6.07) is 7.36. The molecule has 1 N–H and O–H groups in total. The molecule has 4 nitrogen and oxygen atoms in total. The molecule has 1 aliphatic heterocycles. The number of anilines is 1. The number of nitrogens with zero attached hydrogens (tertiary/aromatic N) is 1. The van der Waals surface area contributed by atoms with Gasteiger partial charge >= 0.3 is 0 Å². The first-order chi connectivity index (χ1) is 11.2. The molecule has 118 valence electrons. The van der Waals surface area contributed by atoms with Gasteiger partial charge in [0.05, 0.1) is 29.2 Å². The summed E-state index contributed by atoms with van der Waals surface area (Å²) in [6.07, 6.45) is 5.57. The van der Waals surface area contributed by atoms with Crippen molar-refractivity contribution in [2.45, 2.75) is 6.42 Å². The number of benzene rings is 1. The number of carbonyl (C=O) groups is 2. The van der Waals surface area contributed by atoms with Gasteiger partial charge in [-0.2, -0.15) is 0 Å². The zero-order valence-corrected chi connectivity index (χ0v) is 13.2. The Morgan fingerprint density at radius 2 is 1.65 bits per heavy atom. The highest BCUT2D eigenvalue weighted by molar-refractivity contribution is 6.33. The molecule has 5 aliphatic rings. The van der Waals surface area contributed by atoms with E-state index >= 15 is 0 Å². The van der Waals surface area contributed by atoms with Crippen LogP contribution < -0.4 is 5.32 Å². The molecule has 2 saturated carbocycles. The number of para-hydroxylation sites is 1. The Bertz CT molecular complexity index is 710. The lowest BCUT2D eigenvalue weighted by Gasteiger charge is -2.37. The molecule has 4 aliphatic carbocycles. The van der Waals surface area contributed by atoms with E-state index in [1.807, 2.05) is 18.2 Å². The highest BCUT2D eigenvalue weighted by Crippen LogP contribution is 2.65. The van der Waals surface area contributed by atoms with Crippen LogP contribution in [0.15, 0.2) is 36.4 Å². The van der Waals surface area contributed by atoms with E-state index < -0.39 is 0 Å². The minimum Gasteiger partial charge on any atom is -0.366 e. The summed E-state index contributed by atoms with van der Waals surface area (Å²) in [4.78, 5) is 27.0. The van der Waals surface area contributed by atoms with Gasteiger partial charge in [-0.3, -0.25) is 14.5 Å². The molecule has 0 radical (unpaired) electrons. The smallest absolute Gasteiger partial charge is 0.235 e. The van der Waals surface area contributed by atoms with Crippen molar-refractivity contribution in [3.8, 4) is 0 Å². The second-order valence-corrected chi connectivity index (χ2v) is 7.48. The van der Waals surface area contributed by atoms with E-state index in [2.05, 4.69) is 17.5 Å². The molecule has 2 amide bonds. The van der Waals surface area contributed by atoms with E-state index in [9.17, 15) is 9.59 Å². The maximum Gasteiger partial charge on any atom is 0.235 e. The summed E-state index contributed by atoms with van der Waals surface area (Å²) in [5.74, 6) is 1.55. The summed E-state index contributed by atoms with van der Waals surface area (Å²) in [7, 11) is 0. The summed E-state index contributed by atoms with van der Waals surface area (Å²) < 4.78 is 0. The molecule has 0 unspecified atom stereocenters. The third-order valence-electron chi connectivity index (χ3n) is 6.06. The predicted molar refractivity (Wildman–Crippen MR) is 86.5 cm³/mol. The van der Waals surface area contributed by atoms with E-state index in [0.717, 1.165) is 5.69 Å². The Kier molecular flexibility index (Phi) is 2.72. The van der Waals surface area contributed by atoms with Crippen LogP contribution in [0.25, 0.3) is 0 Å². The number of hydrogen-bond acceptors (Lipinski definition) is 3. The summed E-state index contributed by atoms with van der Waals surface area (Å²) >= 11 is 6.12. The molecule has 1 aromatic carbocycles. The van der Waals surface area contributed by atoms with Gasteiger partial charge in [0.1, 0.15) is 0 Å². The van der Waals surface area contributed by atoms with Crippen molar-refractivity contribution in [2.75, 3.05) is 12.0 Å². The molecule has 1 heterocycles. The molecule has 0 spiro atoms. The fourth-order valence-corrected chi connectivity index (χ4v) is 5.15. The fourth-order valence-electron chi connectivity index (χ4n) is 4.94. The number of halogens is 1. The molecule has 2 bridgehead atoms. The average Bonchev–Trinajstić information content (AvgIpc) is 3.33. The number of amides is 2. The van der Waals surface area contributed by atoms with Crippen molar-refractivity contribution in [3.63, 3.8) is 0 Å². The Balaban J connectivity index is 1.38. The van der Waals surface area contributed by atoms with E-state index in [-0.39, 0.29) is 42.2 Å². The summed E-state index contributed by atoms with van der Waals surface area (Å²) in [6.45, 7) is 0.198. The molecule has 6 atom stereocenters. The number of carbonyl (C=O) groups excluding carboxylic acids is 2. The molecule has 1 aromatic rings. The zero-order chi connectivity index (χ0) is 15.7. The van der Waals surface area contributed by atoms with Gasteiger partial charge in [-0.1, -0.05) is 35.9 Å². The molecule has 6 rings (SSSR count). The molecular formula is C18H17ClN2O2. The highest BCUT2D eigenvalue weighted by Gasteiger charge is 2.66. The van der Waals surface area contributed by atoms with Crippen LogP contribution in [0.3, 0.4) is 0 Å². The topological polar surface area (TPSA) is 49.4 Å². The summed E-state index contributed by atoms with van der Waals surface area (Å²) in [5.41, 5.74) is 0.744. The monoisotopic (exact) mass is 328 g/mol. The van der Waals surface area contributed by atoms with Crippen molar-refractivity contribution in [3.05, 3.63) is 41.4 Å². The van der Waals surface area contributed by atoms with Crippen LogP contribution in [0.2, 0.25) is 5.02 Å². The molecular weight excluding hydrogens is 312 g/mol. The summed E-state index contributed by atoms with van der Waals surface area (Å²) in [5, 5.41) is 3.72. The van der Waals surface area contributed by atoms with E-state index in [4.69, 9.17) is 11.6 Å². The van der Waals surface area contributed by atoms with E-state index in [1.54, 1.807) is 6.07 Å². The molecule has 5 heteroatoms. The van der Waals surface area contributed by atoms with Crippen LogP contribution in [-0.4, -0.2) is 23.4 Å². The van der Waals surface area contributed by atoms with Crippen molar-refractivity contribution in [1.82, 2.24) is 4.90 Å². The van der Waals surface area contributed by atoms with Gasteiger partial charge in [0.15, 0.2) is 0 Å². The number of imide groups is 1. The first kappa shape index (κ1) is 13.6. The van der Waals surface area contributed by atoms with Gasteiger partial charge in [-0.05, 0) is 42.2 Å². The van der Waals surface area contributed by atoms with E-state index in [0.29, 0.717) is 16.9 Å². The average molecular weight is 329 g/mol. The van der Waals surface area contributed by atoms with Crippen molar-refractivity contribution < 1.29 is 9.59 Å². The number of rotatable bonds is 3. The maximum atomic E-state index is 12.8. The number of hydrogen-bond donors (Lipinski definition) is 1. The maximum absolute atomic E-state index is 12.8. The lowest BCUT2D eigenvalue weighted by molar-refractivity contribution is -0.139.